The summed E-state index contributed by atoms with van der Waals surface area (Å²) in [6.45, 7) is 7.55. The highest BCUT2D eigenvalue weighted by Crippen LogP contribution is 2.30. The van der Waals surface area contributed by atoms with E-state index in [1.54, 1.807) is 0 Å². The second kappa shape index (κ2) is 10.2. The molecule has 0 atom stereocenters. The van der Waals surface area contributed by atoms with Crippen molar-refractivity contribution in [1.29, 1.82) is 0 Å². The second-order valence-corrected chi connectivity index (χ2v) is 10.1. The van der Waals surface area contributed by atoms with Crippen molar-refractivity contribution >= 4 is 0 Å². The molecule has 0 N–H and O–H groups in total. The van der Waals surface area contributed by atoms with Gasteiger partial charge in [0, 0.05) is 16.7 Å². The van der Waals surface area contributed by atoms with Gasteiger partial charge in [-0.15, -0.1) is 20.4 Å². The van der Waals surface area contributed by atoms with Crippen LogP contribution in [0, 0.1) is 0 Å². The molecule has 0 saturated carbocycles. The van der Waals surface area contributed by atoms with Gasteiger partial charge in [-0.3, -0.25) is 4.90 Å². The molecule has 0 fully saturated rings. The summed E-state index contributed by atoms with van der Waals surface area (Å²) in [5, 5.41) is 16.6. The summed E-state index contributed by atoms with van der Waals surface area (Å²) in [4.78, 5) is 2.25. The first-order valence-electron chi connectivity index (χ1n) is 12.6. The Bertz CT molecular complexity index is 1540. The zero-order valence-corrected chi connectivity index (χ0v) is 21.9. The van der Waals surface area contributed by atoms with E-state index in [0.29, 0.717) is 48.2 Å². The molecular formula is C30H27N5O4. The van der Waals surface area contributed by atoms with Crippen molar-refractivity contribution in [3.8, 4) is 46.2 Å². The number of nitrogens with zero attached hydrogens (tertiary/aromatic N) is 5. The minimum Gasteiger partial charge on any atom is -0.455 e. The van der Waals surface area contributed by atoms with Gasteiger partial charge >= 0.3 is 0 Å². The van der Waals surface area contributed by atoms with Crippen molar-refractivity contribution in [3.63, 3.8) is 0 Å². The van der Waals surface area contributed by atoms with E-state index in [9.17, 15) is 0 Å². The van der Waals surface area contributed by atoms with E-state index >= 15 is 0 Å². The Kier molecular flexibility index (Phi) is 6.42. The highest BCUT2D eigenvalue weighted by atomic mass is 16.4. The topological polar surface area (TPSA) is 107 Å². The molecular weight excluding hydrogens is 494 g/mol. The Morgan fingerprint density at radius 1 is 0.513 bits per heavy atom. The monoisotopic (exact) mass is 521 g/mol. The molecule has 0 amide bonds. The normalized spacial score (nSPS) is 11.9. The van der Waals surface area contributed by atoms with Crippen LogP contribution in [-0.4, -0.2) is 30.8 Å². The lowest BCUT2D eigenvalue weighted by molar-refractivity contribution is 0.100. The lowest BCUT2D eigenvalue weighted by atomic mass is 10.1. The Morgan fingerprint density at radius 2 is 0.923 bits per heavy atom. The van der Waals surface area contributed by atoms with Gasteiger partial charge in [-0.05, 0) is 69.3 Å². The van der Waals surface area contributed by atoms with Crippen LogP contribution in [-0.2, 0) is 13.1 Å². The Balaban J connectivity index is 1.16. The highest BCUT2D eigenvalue weighted by Gasteiger charge is 2.25. The van der Waals surface area contributed by atoms with E-state index in [1.165, 1.54) is 0 Å². The van der Waals surface area contributed by atoms with Crippen LogP contribution in [0.15, 0.2) is 103 Å². The third-order valence-electron chi connectivity index (χ3n) is 6.28. The van der Waals surface area contributed by atoms with Gasteiger partial charge in [0.2, 0.25) is 11.8 Å². The molecule has 0 radical (unpaired) electrons. The minimum atomic E-state index is -0.171. The molecule has 9 heteroatoms. The van der Waals surface area contributed by atoms with Gasteiger partial charge in [0.15, 0.2) is 11.5 Å². The third-order valence-corrected chi connectivity index (χ3v) is 6.28. The van der Waals surface area contributed by atoms with E-state index in [-0.39, 0.29) is 5.54 Å². The molecule has 0 unspecified atom stereocenters. The summed E-state index contributed by atoms with van der Waals surface area (Å²) in [6.07, 6.45) is 0. The van der Waals surface area contributed by atoms with Crippen LogP contribution in [0.4, 0.5) is 0 Å². The molecule has 0 aliphatic rings. The van der Waals surface area contributed by atoms with Crippen LogP contribution in [0.2, 0.25) is 0 Å². The summed E-state index contributed by atoms with van der Waals surface area (Å²) < 4.78 is 23.9. The molecule has 0 aliphatic carbocycles. The van der Waals surface area contributed by atoms with Gasteiger partial charge in [0.1, 0.15) is 11.5 Å². The predicted molar refractivity (Wildman–Crippen MR) is 144 cm³/mol. The summed E-state index contributed by atoms with van der Waals surface area (Å²) in [5.41, 5.74) is 1.55. The van der Waals surface area contributed by atoms with Crippen LogP contribution < -0.4 is 0 Å². The van der Waals surface area contributed by atoms with Gasteiger partial charge in [0.05, 0.1) is 13.1 Å². The molecule has 0 saturated heterocycles. The molecule has 2 aromatic carbocycles. The van der Waals surface area contributed by atoms with Crippen molar-refractivity contribution in [2.24, 2.45) is 0 Å². The van der Waals surface area contributed by atoms with Gasteiger partial charge < -0.3 is 17.7 Å². The first-order valence-corrected chi connectivity index (χ1v) is 12.6. The lowest BCUT2D eigenvalue weighted by Crippen LogP contribution is -2.40. The van der Waals surface area contributed by atoms with Crippen molar-refractivity contribution in [2.45, 2.75) is 39.4 Å². The molecule has 39 heavy (non-hydrogen) atoms. The zero-order valence-electron chi connectivity index (χ0n) is 21.9. The molecule has 196 valence electrons. The molecule has 6 aromatic rings. The van der Waals surface area contributed by atoms with Crippen LogP contribution in [0.1, 0.15) is 32.3 Å². The van der Waals surface area contributed by atoms with E-state index < -0.39 is 0 Å². The number of hydrogen-bond acceptors (Lipinski definition) is 9. The van der Waals surface area contributed by atoms with E-state index in [0.717, 1.165) is 22.6 Å². The molecule has 4 heterocycles. The van der Waals surface area contributed by atoms with E-state index in [4.69, 9.17) is 17.7 Å². The first kappa shape index (κ1) is 24.6. The predicted octanol–water partition coefficient (Wildman–Crippen LogP) is 7.11. The van der Waals surface area contributed by atoms with Crippen molar-refractivity contribution in [2.75, 3.05) is 0 Å². The summed E-state index contributed by atoms with van der Waals surface area (Å²) in [5.74, 6) is 4.18. The lowest BCUT2D eigenvalue weighted by Gasteiger charge is -2.34. The van der Waals surface area contributed by atoms with Gasteiger partial charge in [-0.2, -0.15) is 0 Å². The largest absolute Gasteiger partial charge is 0.455 e. The number of furan rings is 2. The van der Waals surface area contributed by atoms with Gasteiger partial charge in [-0.1, -0.05) is 36.4 Å². The maximum absolute atomic E-state index is 6.10. The second-order valence-electron chi connectivity index (χ2n) is 10.1. The summed E-state index contributed by atoms with van der Waals surface area (Å²) in [7, 11) is 0. The smallest absolute Gasteiger partial charge is 0.283 e. The fourth-order valence-corrected chi connectivity index (χ4v) is 4.10. The molecule has 6 rings (SSSR count). The van der Waals surface area contributed by atoms with Crippen molar-refractivity contribution < 1.29 is 17.7 Å². The first-order chi connectivity index (χ1) is 18.9. The van der Waals surface area contributed by atoms with Gasteiger partial charge in [-0.25, -0.2) is 0 Å². The third kappa shape index (κ3) is 5.44. The molecule has 0 spiro atoms. The molecule has 9 nitrogen and oxygen atoms in total. The summed E-state index contributed by atoms with van der Waals surface area (Å²) >= 11 is 0. The average molecular weight is 522 g/mol. The number of benzene rings is 2. The standard InChI is InChI=1S/C30H27N5O4/c1-30(2,3)35(18-22-14-16-24(36-22)28-33-31-26(38-28)20-10-6-4-7-11-20)19-23-15-17-25(37-23)29-34-32-27(39-29)21-12-8-5-9-13-21/h4-17H,18-19H2,1-3H3. The fraction of sp³-hybridized carbons (Fsp3) is 0.200. The summed E-state index contributed by atoms with van der Waals surface area (Å²) in [6, 6.07) is 26.8. The quantitative estimate of drug-likeness (QED) is 0.207. The zero-order chi connectivity index (χ0) is 26.8. The Labute approximate surface area is 225 Å². The average Bonchev–Trinajstić information content (AvgIpc) is 3.75. The maximum Gasteiger partial charge on any atom is 0.283 e. The fourth-order valence-electron chi connectivity index (χ4n) is 4.10. The molecule has 0 aliphatic heterocycles. The Morgan fingerprint density at radius 3 is 1.33 bits per heavy atom. The van der Waals surface area contributed by atoms with Crippen LogP contribution in [0.3, 0.4) is 0 Å². The van der Waals surface area contributed by atoms with E-state index in [2.05, 4.69) is 46.1 Å². The Hall–Kier alpha value is -4.76. The number of hydrogen-bond donors (Lipinski definition) is 0. The number of rotatable bonds is 8. The minimum absolute atomic E-state index is 0.171. The molecule has 4 aromatic heterocycles. The van der Waals surface area contributed by atoms with Crippen LogP contribution in [0.5, 0.6) is 0 Å². The van der Waals surface area contributed by atoms with Crippen LogP contribution in [0.25, 0.3) is 46.2 Å². The van der Waals surface area contributed by atoms with Crippen LogP contribution >= 0.6 is 0 Å². The van der Waals surface area contributed by atoms with Gasteiger partial charge in [0.25, 0.3) is 11.8 Å². The van der Waals surface area contributed by atoms with E-state index in [1.807, 2.05) is 84.9 Å². The SMILES string of the molecule is CC(C)(C)N(Cc1ccc(-c2nnc(-c3ccccc3)o2)o1)Cc1ccc(-c2nnc(-c3ccccc3)o2)o1. The maximum atomic E-state index is 6.10. The van der Waals surface area contributed by atoms with Crippen molar-refractivity contribution in [3.05, 3.63) is 96.4 Å². The number of aromatic nitrogens is 4. The van der Waals surface area contributed by atoms with Crippen molar-refractivity contribution in [1.82, 2.24) is 25.3 Å². The molecule has 0 bridgehead atoms. The highest BCUT2D eigenvalue weighted by molar-refractivity contribution is 5.56.